The van der Waals surface area contributed by atoms with Gasteiger partial charge in [0.1, 0.15) is 6.54 Å². The predicted octanol–water partition coefficient (Wildman–Crippen LogP) is 1.72. The Morgan fingerprint density at radius 2 is 2.05 bits per heavy atom. The van der Waals surface area contributed by atoms with Crippen molar-refractivity contribution in [3.8, 4) is 0 Å². The number of hydrogen-bond acceptors (Lipinski definition) is 3. The normalized spacial score (nSPS) is 12.0. The largest absolute Gasteiger partial charge is 0.348 e. The number of nitrogens with one attached hydrogen (secondary N) is 2. The van der Waals surface area contributed by atoms with E-state index in [-0.39, 0.29) is 18.5 Å². The third-order valence-electron chi connectivity index (χ3n) is 3.02. The SMILES string of the molecule is C[C@@H](NC(=O)Cn1ccc(=O)[nH]c1=O)c1ccc(Cl)cc1Cl. The first-order valence-electron chi connectivity index (χ1n) is 6.41. The van der Waals surface area contributed by atoms with Crippen LogP contribution in [-0.2, 0) is 11.3 Å². The van der Waals surface area contributed by atoms with Gasteiger partial charge in [0.25, 0.3) is 5.56 Å². The molecule has 0 spiro atoms. The second-order valence-corrected chi connectivity index (χ2v) is 5.54. The molecule has 1 aromatic heterocycles. The Hall–Kier alpha value is -2.05. The summed E-state index contributed by atoms with van der Waals surface area (Å²) >= 11 is 11.9. The van der Waals surface area contributed by atoms with Gasteiger partial charge in [0, 0.05) is 22.3 Å². The quantitative estimate of drug-likeness (QED) is 0.887. The lowest BCUT2D eigenvalue weighted by Gasteiger charge is -2.16. The molecule has 0 aliphatic heterocycles. The molecule has 0 aliphatic carbocycles. The van der Waals surface area contributed by atoms with Crippen molar-refractivity contribution in [2.45, 2.75) is 19.5 Å². The summed E-state index contributed by atoms with van der Waals surface area (Å²) in [6, 6.07) is 5.82. The van der Waals surface area contributed by atoms with Gasteiger partial charge in [-0.3, -0.25) is 19.1 Å². The molecule has 1 atom stereocenters. The first-order valence-corrected chi connectivity index (χ1v) is 7.16. The summed E-state index contributed by atoms with van der Waals surface area (Å²) in [7, 11) is 0. The Morgan fingerprint density at radius 1 is 1.32 bits per heavy atom. The van der Waals surface area contributed by atoms with Crippen LogP contribution in [0.2, 0.25) is 10.0 Å². The van der Waals surface area contributed by atoms with Gasteiger partial charge in [0.15, 0.2) is 0 Å². The zero-order valence-corrected chi connectivity index (χ0v) is 13.1. The minimum atomic E-state index is -0.639. The molecule has 2 rings (SSSR count). The van der Waals surface area contributed by atoms with E-state index in [9.17, 15) is 14.4 Å². The van der Waals surface area contributed by atoms with E-state index in [1.54, 1.807) is 25.1 Å². The van der Waals surface area contributed by atoms with Crippen LogP contribution in [0.25, 0.3) is 0 Å². The Balaban J connectivity index is 2.08. The van der Waals surface area contributed by atoms with Crippen molar-refractivity contribution in [3.63, 3.8) is 0 Å². The fraction of sp³-hybridized carbons (Fsp3) is 0.214. The van der Waals surface area contributed by atoms with E-state index in [0.29, 0.717) is 15.6 Å². The van der Waals surface area contributed by atoms with Crippen molar-refractivity contribution in [3.05, 3.63) is 66.9 Å². The third kappa shape index (κ3) is 3.99. The molecule has 1 aromatic carbocycles. The fourth-order valence-electron chi connectivity index (χ4n) is 1.94. The van der Waals surface area contributed by atoms with Crippen LogP contribution in [0, 0.1) is 0 Å². The van der Waals surface area contributed by atoms with E-state index >= 15 is 0 Å². The Labute approximate surface area is 135 Å². The molecule has 6 nitrogen and oxygen atoms in total. The highest BCUT2D eigenvalue weighted by Gasteiger charge is 2.13. The van der Waals surface area contributed by atoms with Crippen LogP contribution < -0.4 is 16.6 Å². The fourth-order valence-corrected chi connectivity index (χ4v) is 2.51. The number of aromatic nitrogens is 2. The first kappa shape index (κ1) is 16.3. The predicted molar refractivity (Wildman–Crippen MR) is 84.3 cm³/mol. The minimum Gasteiger partial charge on any atom is -0.348 e. The Bertz CT molecular complexity index is 813. The number of hydrogen-bond donors (Lipinski definition) is 2. The van der Waals surface area contributed by atoms with Gasteiger partial charge in [-0.05, 0) is 24.6 Å². The summed E-state index contributed by atoms with van der Waals surface area (Å²) in [5, 5.41) is 3.68. The van der Waals surface area contributed by atoms with E-state index in [1.807, 2.05) is 0 Å². The molecule has 0 fully saturated rings. The van der Waals surface area contributed by atoms with Crippen LogP contribution in [0.15, 0.2) is 40.1 Å². The molecule has 0 aliphatic rings. The molecular weight excluding hydrogens is 329 g/mol. The van der Waals surface area contributed by atoms with Crippen molar-refractivity contribution in [1.29, 1.82) is 0 Å². The van der Waals surface area contributed by atoms with Crippen LogP contribution in [0.5, 0.6) is 0 Å². The van der Waals surface area contributed by atoms with Crippen LogP contribution in [-0.4, -0.2) is 15.5 Å². The van der Waals surface area contributed by atoms with Gasteiger partial charge in [-0.25, -0.2) is 4.79 Å². The molecule has 22 heavy (non-hydrogen) atoms. The maximum Gasteiger partial charge on any atom is 0.328 e. The van der Waals surface area contributed by atoms with Crippen molar-refractivity contribution in [1.82, 2.24) is 14.9 Å². The van der Waals surface area contributed by atoms with Crippen molar-refractivity contribution in [2.75, 3.05) is 0 Å². The first-order chi connectivity index (χ1) is 10.4. The lowest BCUT2D eigenvalue weighted by molar-refractivity contribution is -0.122. The molecule has 2 aromatic rings. The van der Waals surface area contributed by atoms with Crippen LogP contribution >= 0.6 is 23.2 Å². The molecule has 0 unspecified atom stereocenters. The smallest absolute Gasteiger partial charge is 0.328 e. The number of H-pyrrole nitrogens is 1. The highest BCUT2D eigenvalue weighted by Crippen LogP contribution is 2.25. The van der Waals surface area contributed by atoms with Crippen LogP contribution in [0.4, 0.5) is 0 Å². The molecule has 1 heterocycles. The third-order valence-corrected chi connectivity index (χ3v) is 3.58. The van der Waals surface area contributed by atoms with Gasteiger partial charge in [0.2, 0.25) is 5.91 Å². The highest BCUT2D eigenvalue weighted by atomic mass is 35.5. The van der Waals surface area contributed by atoms with Gasteiger partial charge in [-0.2, -0.15) is 0 Å². The molecular formula is C14H13Cl2N3O3. The van der Waals surface area contributed by atoms with Crippen molar-refractivity contribution < 1.29 is 4.79 Å². The number of carbonyl (C=O) groups is 1. The van der Waals surface area contributed by atoms with Gasteiger partial charge < -0.3 is 5.32 Å². The summed E-state index contributed by atoms with van der Waals surface area (Å²) in [6.07, 6.45) is 1.26. The average molecular weight is 342 g/mol. The average Bonchev–Trinajstić information content (AvgIpc) is 2.41. The monoisotopic (exact) mass is 341 g/mol. The highest BCUT2D eigenvalue weighted by molar-refractivity contribution is 6.35. The van der Waals surface area contributed by atoms with E-state index in [2.05, 4.69) is 10.3 Å². The maximum absolute atomic E-state index is 12.0. The van der Waals surface area contributed by atoms with E-state index in [0.717, 1.165) is 4.57 Å². The second kappa shape index (κ2) is 6.81. The zero-order valence-electron chi connectivity index (χ0n) is 11.6. The Kier molecular flexibility index (Phi) is 5.05. The Morgan fingerprint density at radius 3 is 2.68 bits per heavy atom. The van der Waals surface area contributed by atoms with E-state index in [1.165, 1.54) is 12.3 Å². The van der Waals surface area contributed by atoms with Gasteiger partial charge >= 0.3 is 5.69 Å². The molecule has 2 N–H and O–H groups in total. The van der Waals surface area contributed by atoms with Crippen molar-refractivity contribution >= 4 is 29.1 Å². The standard InChI is InChI=1S/C14H13Cl2N3O3/c1-8(10-3-2-9(15)6-11(10)16)17-13(21)7-19-5-4-12(20)18-14(19)22/h2-6,8H,7H2,1H3,(H,17,21)(H,18,20,22)/t8-/m1/s1. The summed E-state index contributed by atoms with van der Waals surface area (Å²) in [6.45, 7) is 1.56. The lowest BCUT2D eigenvalue weighted by atomic mass is 10.1. The number of benzene rings is 1. The van der Waals surface area contributed by atoms with Crippen LogP contribution in [0.1, 0.15) is 18.5 Å². The molecule has 116 valence electrons. The molecule has 0 bridgehead atoms. The number of amides is 1. The topological polar surface area (TPSA) is 84.0 Å². The van der Waals surface area contributed by atoms with Gasteiger partial charge in [0.05, 0.1) is 6.04 Å². The molecule has 8 heteroatoms. The van der Waals surface area contributed by atoms with E-state index < -0.39 is 11.2 Å². The molecule has 0 radical (unpaired) electrons. The summed E-state index contributed by atoms with van der Waals surface area (Å²) in [4.78, 5) is 36.5. The summed E-state index contributed by atoms with van der Waals surface area (Å²) in [5.74, 6) is -0.382. The maximum atomic E-state index is 12.0. The number of rotatable bonds is 4. The van der Waals surface area contributed by atoms with E-state index in [4.69, 9.17) is 23.2 Å². The number of aromatic amines is 1. The second-order valence-electron chi connectivity index (χ2n) is 4.69. The minimum absolute atomic E-state index is 0.203. The van der Waals surface area contributed by atoms with Crippen LogP contribution in [0.3, 0.4) is 0 Å². The van der Waals surface area contributed by atoms with Gasteiger partial charge in [-0.15, -0.1) is 0 Å². The molecule has 0 saturated heterocycles. The number of carbonyl (C=O) groups excluding carboxylic acids is 1. The summed E-state index contributed by atoms with van der Waals surface area (Å²) < 4.78 is 1.10. The number of nitrogens with zero attached hydrogens (tertiary/aromatic N) is 1. The number of halogens is 2. The zero-order chi connectivity index (χ0) is 16.3. The van der Waals surface area contributed by atoms with Crippen molar-refractivity contribution in [2.24, 2.45) is 0 Å². The van der Waals surface area contributed by atoms with Gasteiger partial charge in [-0.1, -0.05) is 29.3 Å². The lowest BCUT2D eigenvalue weighted by Crippen LogP contribution is -2.36. The molecule has 0 saturated carbocycles. The molecule has 1 amide bonds. The summed E-state index contributed by atoms with van der Waals surface area (Å²) in [5.41, 5.74) is -0.434.